The molecular weight excluding hydrogens is 226 g/mol. The number of hydrogen-bond donors (Lipinski definition) is 1. The summed E-state index contributed by atoms with van der Waals surface area (Å²) in [7, 11) is 0. The summed E-state index contributed by atoms with van der Waals surface area (Å²) in [5.74, 6) is 3.45. The zero-order chi connectivity index (χ0) is 10.7. The highest BCUT2D eigenvalue weighted by molar-refractivity contribution is 7.99. The van der Waals surface area contributed by atoms with E-state index in [0.717, 1.165) is 23.0 Å². The average Bonchev–Trinajstić information content (AvgIpc) is 2.73. The van der Waals surface area contributed by atoms with Crippen LogP contribution in [0.1, 0.15) is 12.0 Å². The Morgan fingerprint density at radius 3 is 3.13 bits per heavy atom. The molecule has 0 aromatic heterocycles. The van der Waals surface area contributed by atoms with Gasteiger partial charge in [-0.3, -0.25) is 0 Å². The van der Waals surface area contributed by atoms with Crippen LogP contribution in [0, 0.1) is 12.8 Å². The van der Waals surface area contributed by atoms with Crippen molar-refractivity contribution in [1.29, 1.82) is 0 Å². The van der Waals surface area contributed by atoms with Crippen LogP contribution in [0.3, 0.4) is 0 Å². The molecule has 1 aliphatic heterocycles. The van der Waals surface area contributed by atoms with Crippen LogP contribution < -0.4 is 5.32 Å². The molecule has 0 bridgehead atoms. The number of rotatable bonds is 3. The zero-order valence-corrected chi connectivity index (χ0v) is 10.5. The SMILES string of the molecule is Cc1c(Cl)cccc1NCC1CCSC1. The van der Waals surface area contributed by atoms with E-state index in [1.165, 1.54) is 23.6 Å². The quantitative estimate of drug-likeness (QED) is 0.864. The van der Waals surface area contributed by atoms with Gasteiger partial charge in [0.15, 0.2) is 0 Å². The fourth-order valence-corrected chi connectivity index (χ4v) is 3.26. The van der Waals surface area contributed by atoms with E-state index in [9.17, 15) is 0 Å². The predicted octanol–water partition coefficient (Wildman–Crippen LogP) is 3.81. The highest BCUT2D eigenvalue weighted by atomic mass is 35.5. The van der Waals surface area contributed by atoms with Gasteiger partial charge >= 0.3 is 0 Å². The van der Waals surface area contributed by atoms with Crippen molar-refractivity contribution in [3.63, 3.8) is 0 Å². The lowest BCUT2D eigenvalue weighted by molar-refractivity contribution is 0.631. The maximum Gasteiger partial charge on any atom is 0.0455 e. The molecule has 1 heterocycles. The van der Waals surface area contributed by atoms with Crippen molar-refractivity contribution in [2.24, 2.45) is 5.92 Å². The van der Waals surface area contributed by atoms with Gasteiger partial charge in [-0.25, -0.2) is 0 Å². The molecule has 0 saturated carbocycles. The van der Waals surface area contributed by atoms with Crippen LogP contribution >= 0.6 is 23.4 Å². The van der Waals surface area contributed by atoms with Gasteiger partial charge in [-0.2, -0.15) is 11.8 Å². The maximum absolute atomic E-state index is 6.07. The monoisotopic (exact) mass is 241 g/mol. The molecule has 2 rings (SSSR count). The van der Waals surface area contributed by atoms with Gasteiger partial charge in [-0.05, 0) is 48.5 Å². The van der Waals surface area contributed by atoms with E-state index in [-0.39, 0.29) is 0 Å². The molecule has 1 aliphatic rings. The Balaban J connectivity index is 1.95. The molecule has 0 radical (unpaired) electrons. The van der Waals surface area contributed by atoms with E-state index in [1.54, 1.807) is 0 Å². The van der Waals surface area contributed by atoms with Crippen molar-refractivity contribution in [2.45, 2.75) is 13.3 Å². The number of benzene rings is 1. The van der Waals surface area contributed by atoms with E-state index in [4.69, 9.17) is 11.6 Å². The Kier molecular flexibility index (Phi) is 3.81. The summed E-state index contributed by atoms with van der Waals surface area (Å²) in [4.78, 5) is 0. The van der Waals surface area contributed by atoms with Gasteiger partial charge in [0.2, 0.25) is 0 Å². The first-order chi connectivity index (χ1) is 7.27. The second-order valence-corrected chi connectivity index (χ2v) is 5.58. The first kappa shape index (κ1) is 11.2. The second kappa shape index (κ2) is 5.13. The molecular formula is C12H16ClNS. The summed E-state index contributed by atoms with van der Waals surface area (Å²) in [6.45, 7) is 3.14. The number of anilines is 1. The molecule has 1 aromatic carbocycles. The van der Waals surface area contributed by atoms with Gasteiger partial charge in [-0.15, -0.1) is 0 Å². The standard InChI is InChI=1S/C12H16ClNS/c1-9-11(13)3-2-4-12(9)14-7-10-5-6-15-8-10/h2-4,10,14H,5-8H2,1H3. The highest BCUT2D eigenvalue weighted by Gasteiger charge is 2.15. The summed E-state index contributed by atoms with van der Waals surface area (Å²) < 4.78 is 0. The molecule has 82 valence electrons. The van der Waals surface area contributed by atoms with Crippen molar-refractivity contribution in [3.8, 4) is 0 Å². The van der Waals surface area contributed by atoms with Crippen molar-refractivity contribution >= 4 is 29.1 Å². The molecule has 3 heteroatoms. The van der Waals surface area contributed by atoms with Gasteiger partial charge in [-0.1, -0.05) is 17.7 Å². The maximum atomic E-state index is 6.07. The summed E-state index contributed by atoms with van der Waals surface area (Å²) in [5, 5.41) is 4.35. The third-order valence-corrected chi connectivity index (χ3v) is 4.51. The number of thioether (sulfide) groups is 1. The minimum Gasteiger partial charge on any atom is -0.384 e. The van der Waals surface area contributed by atoms with Crippen LogP contribution in [0.2, 0.25) is 5.02 Å². The fourth-order valence-electron chi connectivity index (χ4n) is 1.80. The Bertz CT molecular complexity index is 334. The third kappa shape index (κ3) is 2.82. The number of halogens is 1. The number of nitrogens with one attached hydrogen (secondary N) is 1. The molecule has 0 amide bonds. The van der Waals surface area contributed by atoms with Crippen LogP contribution in [-0.4, -0.2) is 18.1 Å². The van der Waals surface area contributed by atoms with E-state index < -0.39 is 0 Å². The smallest absolute Gasteiger partial charge is 0.0455 e. The molecule has 0 aliphatic carbocycles. The summed E-state index contributed by atoms with van der Waals surface area (Å²) in [5.41, 5.74) is 2.34. The molecule has 1 N–H and O–H groups in total. The van der Waals surface area contributed by atoms with Crippen molar-refractivity contribution in [2.75, 3.05) is 23.4 Å². The second-order valence-electron chi connectivity index (χ2n) is 4.02. The Hall–Kier alpha value is -0.340. The third-order valence-electron chi connectivity index (χ3n) is 2.87. The Morgan fingerprint density at radius 2 is 2.40 bits per heavy atom. The highest BCUT2D eigenvalue weighted by Crippen LogP contribution is 2.26. The van der Waals surface area contributed by atoms with Gasteiger partial charge < -0.3 is 5.32 Å². The molecule has 0 spiro atoms. The number of hydrogen-bond acceptors (Lipinski definition) is 2. The average molecular weight is 242 g/mol. The van der Waals surface area contributed by atoms with Gasteiger partial charge in [0.05, 0.1) is 0 Å². The summed E-state index contributed by atoms with van der Waals surface area (Å²) in [6, 6.07) is 6.04. The van der Waals surface area contributed by atoms with E-state index in [2.05, 4.69) is 30.1 Å². The van der Waals surface area contributed by atoms with Gasteiger partial charge in [0.1, 0.15) is 0 Å². The molecule has 1 saturated heterocycles. The first-order valence-corrected chi connectivity index (χ1v) is 6.87. The topological polar surface area (TPSA) is 12.0 Å². The summed E-state index contributed by atoms with van der Waals surface area (Å²) >= 11 is 8.12. The molecule has 1 nitrogen and oxygen atoms in total. The van der Waals surface area contributed by atoms with E-state index >= 15 is 0 Å². The molecule has 15 heavy (non-hydrogen) atoms. The van der Waals surface area contributed by atoms with Crippen molar-refractivity contribution < 1.29 is 0 Å². The molecule has 1 fully saturated rings. The van der Waals surface area contributed by atoms with Crippen molar-refractivity contribution in [1.82, 2.24) is 0 Å². The lowest BCUT2D eigenvalue weighted by Gasteiger charge is -2.13. The van der Waals surface area contributed by atoms with Crippen molar-refractivity contribution in [3.05, 3.63) is 28.8 Å². The summed E-state index contributed by atoms with van der Waals surface area (Å²) in [6.07, 6.45) is 1.34. The zero-order valence-electron chi connectivity index (χ0n) is 8.92. The van der Waals surface area contributed by atoms with Gasteiger partial charge in [0, 0.05) is 17.3 Å². The van der Waals surface area contributed by atoms with Crippen LogP contribution in [0.4, 0.5) is 5.69 Å². The Labute approximate surface area is 101 Å². The normalized spacial score (nSPS) is 20.5. The van der Waals surface area contributed by atoms with E-state index in [0.29, 0.717) is 0 Å². The predicted molar refractivity (Wildman–Crippen MR) is 70.1 cm³/mol. The Morgan fingerprint density at radius 1 is 1.53 bits per heavy atom. The van der Waals surface area contributed by atoms with Crippen LogP contribution in [0.5, 0.6) is 0 Å². The van der Waals surface area contributed by atoms with Gasteiger partial charge in [0.25, 0.3) is 0 Å². The fraction of sp³-hybridized carbons (Fsp3) is 0.500. The van der Waals surface area contributed by atoms with Crippen LogP contribution in [0.25, 0.3) is 0 Å². The largest absolute Gasteiger partial charge is 0.384 e. The lowest BCUT2D eigenvalue weighted by atomic mass is 10.1. The minimum absolute atomic E-state index is 0.827. The first-order valence-electron chi connectivity index (χ1n) is 5.34. The minimum atomic E-state index is 0.827. The lowest BCUT2D eigenvalue weighted by Crippen LogP contribution is -2.14. The van der Waals surface area contributed by atoms with Crippen LogP contribution in [-0.2, 0) is 0 Å². The molecule has 1 unspecified atom stereocenters. The van der Waals surface area contributed by atoms with E-state index in [1.807, 2.05) is 12.1 Å². The van der Waals surface area contributed by atoms with Crippen LogP contribution in [0.15, 0.2) is 18.2 Å². The molecule has 1 atom stereocenters. The molecule has 1 aromatic rings.